The molecule has 2 aliphatic heterocycles. The summed E-state index contributed by atoms with van der Waals surface area (Å²) in [6, 6.07) is 0.832. The van der Waals surface area contributed by atoms with Crippen LogP contribution in [0.25, 0.3) is 0 Å². The molecule has 3 heteroatoms. The van der Waals surface area contributed by atoms with Crippen molar-refractivity contribution in [2.75, 3.05) is 46.3 Å². The first-order valence-corrected chi connectivity index (χ1v) is 7.78. The lowest BCUT2D eigenvalue weighted by Crippen LogP contribution is -2.45. The molecule has 1 N–H and O–H groups in total. The molecule has 106 valence electrons. The van der Waals surface area contributed by atoms with Crippen LogP contribution in [0.2, 0.25) is 0 Å². The van der Waals surface area contributed by atoms with Crippen LogP contribution >= 0.6 is 0 Å². The fraction of sp³-hybridized carbons (Fsp3) is 1.00. The minimum atomic E-state index is 0.773. The van der Waals surface area contributed by atoms with Crippen LogP contribution in [-0.4, -0.2) is 62.2 Å². The number of piperidine rings is 1. The molecule has 2 rings (SSSR count). The predicted molar refractivity (Wildman–Crippen MR) is 77.9 cm³/mol. The van der Waals surface area contributed by atoms with Crippen LogP contribution < -0.4 is 5.32 Å². The van der Waals surface area contributed by atoms with E-state index in [-0.39, 0.29) is 0 Å². The molecule has 2 aliphatic rings. The molecule has 2 saturated heterocycles. The summed E-state index contributed by atoms with van der Waals surface area (Å²) in [5, 5.41) is 3.62. The van der Waals surface area contributed by atoms with E-state index in [9.17, 15) is 0 Å². The third-order valence-electron chi connectivity index (χ3n) is 4.42. The van der Waals surface area contributed by atoms with Gasteiger partial charge in [-0.25, -0.2) is 0 Å². The van der Waals surface area contributed by atoms with Crippen molar-refractivity contribution >= 4 is 0 Å². The molecule has 0 spiro atoms. The third kappa shape index (κ3) is 4.22. The van der Waals surface area contributed by atoms with Gasteiger partial charge in [-0.3, -0.25) is 4.90 Å². The second-order valence-corrected chi connectivity index (χ2v) is 6.76. The molecule has 3 nitrogen and oxygen atoms in total. The van der Waals surface area contributed by atoms with Crippen LogP contribution in [0, 0.1) is 11.8 Å². The largest absolute Gasteiger partial charge is 0.316 e. The molecule has 0 aromatic rings. The Balaban J connectivity index is 1.67. The van der Waals surface area contributed by atoms with E-state index in [1.165, 1.54) is 58.5 Å². The van der Waals surface area contributed by atoms with Crippen molar-refractivity contribution < 1.29 is 0 Å². The first-order valence-electron chi connectivity index (χ1n) is 7.78. The quantitative estimate of drug-likeness (QED) is 0.804. The van der Waals surface area contributed by atoms with Crippen LogP contribution in [0.4, 0.5) is 0 Å². The Hall–Kier alpha value is -0.120. The van der Waals surface area contributed by atoms with Crippen LogP contribution in [0.3, 0.4) is 0 Å². The van der Waals surface area contributed by atoms with E-state index >= 15 is 0 Å². The van der Waals surface area contributed by atoms with Gasteiger partial charge in [-0.05, 0) is 64.3 Å². The summed E-state index contributed by atoms with van der Waals surface area (Å²) >= 11 is 0. The normalized spacial score (nSPS) is 31.3. The lowest BCUT2D eigenvalue weighted by molar-refractivity contribution is 0.130. The van der Waals surface area contributed by atoms with Gasteiger partial charge in [-0.15, -0.1) is 0 Å². The Morgan fingerprint density at radius 1 is 1.17 bits per heavy atom. The second kappa shape index (κ2) is 6.88. The lowest BCUT2D eigenvalue weighted by Gasteiger charge is -2.35. The monoisotopic (exact) mass is 253 g/mol. The van der Waals surface area contributed by atoms with Crippen LogP contribution in [0.1, 0.15) is 33.1 Å². The maximum absolute atomic E-state index is 3.62. The van der Waals surface area contributed by atoms with E-state index in [0.29, 0.717) is 0 Å². The van der Waals surface area contributed by atoms with Crippen LogP contribution in [0.5, 0.6) is 0 Å². The number of hydrogen-bond donors (Lipinski definition) is 1. The van der Waals surface area contributed by atoms with Gasteiger partial charge in [0, 0.05) is 19.1 Å². The highest BCUT2D eigenvalue weighted by Crippen LogP contribution is 2.23. The van der Waals surface area contributed by atoms with Crippen molar-refractivity contribution in [3.8, 4) is 0 Å². The van der Waals surface area contributed by atoms with E-state index in [4.69, 9.17) is 0 Å². The summed E-state index contributed by atoms with van der Waals surface area (Å²) in [7, 11) is 2.27. The summed E-state index contributed by atoms with van der Waals surface area (Å²) in [4.78, 5) is 5.25. The molecular weight excluding hydrogens is 222 g/mol. The first kappa shape index (κ1) is 14.3. The molecular formula is C15H31N3. The first-order chi connectivity index (χ1) is 8.65. The average molecular weight is 253 g/mol. The van der Waals surface area contributed by atoms with Crippen molar-refractivity contribution in [3.63, 3.8) is 0 Å². The van der Waals surface area contributed by atoms with Gasteiger partial charge in [0.1, 0.15) is 0 Å². The van der Waals surface area contributed by atoms with Gasteiger partial charge >= 0.3 is 0 Å². The molecule has 0 bridgehead atoms. The molecule has 2 heterocycles. The molecule has 0 radical (unpaired) electrons. The summed E-state index contributed by atoms with van der Waals surface area (Å²) in [5.74, 6) is 1.66. The fourth-order valence-electron chi connectivity index (χ4n) is 3.37. The zero-order valence-corrected chi connectivity index (χ0v) is 12.5. The van der Waals surface area contributed by atoms with Crippen molar-refractivity contribution in [2.45, 2.75) is 39.2 Å². The zero-order valence-electron chi connectivity index (χ0n) is 12.5. The average Bonchev–Trinajstić information content (AvgIpc) is 2.77. The number of nitrogens with one attached hydrogen (secondary N) is 1. The van der Waals surface area contributed by atoms with E-state index < -0.39 is 0 Å². The number of likely N-dealkylation sites (tertiary alicyclic amines) is 2. The number of rotatable bonds is 5. The van der Waals surface area contributed by atoms with Crippen molar-refractivity contribution in [1.29, 1.82) is 0 Å². The van der Waals surface area contributed by atoms with Crippen molar-refractivity contribution in [2.24, 2.45) is 11.8 Å². The molecule has 2 atom stereocenters. The SMILES string of the molecule is CC(C)CNCC1CCN(C2CCCN(C)C2)C1. The highest BCUT2D eigenvalue weighted by Gasteiger charge is 2.29. The number of nitrogens with zero attached hydrogens (tertiary/aromatic N) is 2. The van der Waals surface area contributed by atoms with E-state index in [1.54, 1.807) is 0 Å². The topological polar surface area (TPSA) is 18.5 Å². The molecule has 0 amide bonds. The molecule has 0 aliphatic carbocycles. The molecule has 0 aromatic carbocycles. The molecule has 2 fully saturated rings. The summed E-state index contributed by atoms with van der Waals surface area (Å²) < 4.78 is 0. The van der Waals surface area contributed by atoms with Gasteiger partial charge in [0.05, 0.1) is 0 Å². The molecule has 0 saturated carbocycles. The summed E-state index contributed by atoms with van der Waals surface area (Å²) in [6.07, 6.45) is 4.19. The Kier molecular flexibility index (Phi) is 5.46. The molecule has 18 heavy (non-hydrogen) atoms. The Labute approximate surface area is 113 Å². The summed E-state index contributed by atoms with van der Waals surface area (Å²) in [5.41, 5.74) is 0. The molecule has 2 unspecified atom stereocenters. The standard InChI is InChI=1S/C15H31N3/c1-13(2)9-16-10-14-6-8-18(11-14)15-5-4-7-17(3)12-15/h13-16H,4-12H2,1-3H3. The van der Waals surface area contributed by atoms with E-state index in [2.05, 4.69) is 36.0 Å². The van der Waals surface area contributed by atoms with Gasteiger partial charge in [0.25, 0.3) is 0 Å². The van der Waals surface area contributed by atoms with Gasteiger partial charge < -0.3 is 10.2 Å². The smallest absolute Gasteiger partial charge is 0.0223 e. The van der Waals surface area contributed by atoms with Crippen molar-refractivity contribution in [3.05, 3.63) is 0 Å². The summed E-state index contributed by atoms with van der Waals surface area (Å²) in [6.45, 7) is 12.2. The van der Waals surface area contributed by atoms with E-state index in [0.717, 1.165) is 17.9 Å². The highest BCUT2D eigenvalue weighted by atomic mass is 15.2. The number of hydrogen-bond acceptors (Lipinski definition) is 3. The van der Waals surface area contributed by atoms with Gasteiger partial charge in [0.15, 0.2) is 0 Å². The van der Waals surface area contributed by atoms with Crippen molar-refractivity contribution in [1.82, 2.24) is 15.1 Å². The lowest BCUT2D eigenvalue weighted by atomic mass is 10.0. The maximum Gasteiger partial charge on any atom is 0.0223 e. The van der Waals surface area contributed by atoms with Crippen LogP contribution in [-0.2, 0) is 0 Å². The third-order valence-corrected chi connectivity index (χ3v) is 4.42. The van der Waals surface area contributed by atoms with Gasteiger partial charge in [-0.1, -0.05) is 13.8 Å². The number of likely N-dealkylation sites (N-methyl/N-ethyl adjacent to an activating group) is 1. The fourth-order valence-corrected chi connectivity index (χ4v) is 3.37. The van der Waals surface area contributed by atoms with E-state index in [1.807, 2.05) is 0 Å². The Morgan fingerprint density at radius 2 is 2.00 bits per heavy atom. The van der Waals surface area contributed by atoms with Gasteiger partial charge in [0.2, 0.25) is 0 Å². The highest BCUT2D eigenvalue weighted by molar-refractivity contribution is 4.86. The zero-order chi connectivity index (χ0) is 13.0. The maximum atomic E-state index is 3.62. The van der Waals surface area contributed by atoms with Crippen LogP contribution in [0.15, 0.2) is 0 Å². The predicted octanol–water partition coefficient (Wildman–Crippen LogP) is 1.65. The Bertz CT molecular complexity index is 242. The Morgan fingerprint density at radius 3 is 2.72 bits per heavy atom. The van der Waals surface area contributed by atoms with Gasteiger partial charge in [-0.2, -0.15) is 0 Å². The molecule has 0 aromatic heterocycles. The second-order valence-electron chi connectivity index (χ2n) is 6.76. The minimum Gasteiger partial charge on any atom is -0.316 e. The minimum absolute atomic E-state index is 0.773.